The summed E-state index contributed by atoms with van der Waals surface area (Å²) in [6.07, 6.45) is 0. The van der Waals surface area contributed by atoms with Crippen LogP contribution in [0.25, 0.3) is 0 Å². The van der Waals surface area contributed by atoms with E-state index in [9.17, 15) is 4.79 Å². The number of amides is 1. The van der Waals surface area contributed by atoms with Crippen LogP contribution in [0.15, 0.2) is 46.9 Å². The van der Waals surface area contributed by atoms with Crippen LogP contribution in [0.4, 0.5) is 5.69 Å². The van der Waals surface area contributed by atoms with Crippen molar-refractivity contribution >= 4 is 27.5 Å². The quantitative estimate of drug-likeness (QED) is 0.870. The van der Waals surface area contributed by atoms with Crippen molar-refractivity contribution in [3.05, 3.63) is 58.1 Å². The molecule has 0 bridgehead atoms. The van der Waals surface area contributed by atoms with Gasteiger partial charge < -0.3 is 15.8 Å². The topological polar surface area (TPSA) is 64.3 Å². The van der Waals surface area contributed by atoms with E-state index in [1.807, 2.05) is 43.3 Å². The van der Waals surface area contributed by atoms with Gasteiger partial charge in [0, 0.05) is 15.7 Å². The minimum atomic E-state index is -0.642. The summed E-state index contributed by atoms with van der Waals surface area (Å²) in [4.78, 5) is 11.8. The van der Waals surface area contributed by atoms with E-state index in [0.29, 0.717) is 5.75 Å². The smallest absolute Gasteiger partial charge is 0.244 e. The van der Waals surface area contributed by atoms with Crippen LogP contribution in [0, 0.1) is 6.92 Å². The van der Waals surface area contributed by atoms with Gasteiger partial charge in [0.05, 0.1) is 7.11 Å². The number of hydrogen-bond donors (Lipinski definition) is 2. The number of rotatable bonds is 5. The van der Waals surface area contributed by atoms with E-state index in [2.05, 4.69) is 21.2 Å². The highest BCUT2D eigenvalue weighted by molar-refractivity contribution is 9.10. The Morgan fingerprint density at radius 1 is 1.29 bits per heavy atom. The lowest BCUT2D eigenvalue weighted by Gasteiger charge is -2.19. The lowest BCUT2D eigenvalue weighted by Crippen LogP contribution is -2.28. The first kappa shape index (κ1) is 15.4. The molecule has 0 aliphatic heterocycles. The highest BCUT2D eigenvalue weighted by Crippen LogP contribution is 2.30. The fraction of sp³-hybridized carbons (Fsp3) is 0.188. The first-order valence-electron chi connectivity index (χ1n) is 6.47. The van der Waals surface area contributed by atoms with Crippen LogP contribution in [0.3, 0.4) is 0 Å². The van der Waals surface area contributed by atoms with E-state index < -0.39 is 11.9 Å². The Morgan fingerprint density at radius 2 is 2.05 bits per heavy atom. The van der Waals surface area contributed by atoms with E-state index in [-0.39, 0.29) is 0 Å². The minimum absolute atomic E-state index is 0.453. The Morgan fingerprint density at radius 3 is 2.67 bits per heavy atom. The summed E-state index contributed by atoms with van der Waals surface area (Å²) in [6, 6.07) is 12.6. The van der Waals surface area contributed by atoms with E-state index in [4.69, 9.17) is 10.5 Å². The van der Waals surface area contributed by atoms with Crippen LogP contribution in [0.5, 0.6) is 5.75 Å². The van der Waals surface area contributed by atoms with Gasteiger partial charge in [-0.25, -0.2) is 0 Å². The van der Waals surface area contributed by atoms with Crippen molar-refractivity contribution in [2.75, 3.05) is 12.4 Å². The van der Waals surface area contributed by atoms with Crippen LogP contribution in [0.2, 0.25) is 0 Å². The largest absolute Gasteiger partial charge is 0.497 e. The number of nitrogens with two attached hydrogens (primary N) is 1. The summed E-state index contributed by atoms with van der Waals surface area (Å²) in [6.45, 7) is 1.99. The van der Waals surface area contributed by atoms with Gasteiger partial charge >= 0.3 is 0 Å². The van der Waals surface area contributed by atoms with Gasteiger partial charge in [-0.1, -0.05) is 28.1 Å². The zero-order valence-corrected chi connectivity index (χ0v) is 13.5. The predicted octanol–water partition coefficient (Wildman–Crippen LogP) is 3.40. The SMILES string of the molecule is COc1ccc(Br)c(C(Nc2cccc(C)c2)C(N)=O)c1. The molecular formula is C16H17BrN2O2. The van der Waals surface area contributed by atoms with Gasteiger partial charge in [-0.3, -0.25) is 4.79 Å². The van der Waals surface area contributed by atoms with Crippen LogP contribution in [-0.2, 0) is 4.79 Å². The molecule has 1 unspecified atom stereocenters. The highest BCUT2D eigenvalue weighted by atomic mass is 79.9. The maximum absolute atomic E-state index is 11.8. The number of carbonyl (C=O) groups excluding carboxylic acids is 1. The van der Waals surface area contributed by atoms with Crippen molar-refractivity contribution < 1.29 is 9.53 Å². The Bertz CT molecular complexity index is 658. The Hall–Kier alpha value is -2.01. The Balaban J connectivity index is 2.37. The highest BCUT2D eigenvalue weighted by Gasteiger charge is 2.21. The van der Waals surface area contributed by atoms with Gasteiger partial charge in [-0.2, -0.15) is 0 Å². The fourth-order valence-electron chi connectivity index (χ4n) is 2.07. The minimum Gasteiger partial charge on any atom is -0.497 e. The molecule has 0 heterocycles. The van der Waals surface area contributed by atoms with Crippen molar-refractivity contribution in [3.8, 4) is 5.75 Å². The number of hydrogen-bond acceptors (Lipinski definition) is 3. The molecule has 0 aromatic heterocycles. The molecule has 21 heavy (non-hydrogen) atoms. The van der Waals surface area contributed by atoms with Crippen molar-refractivity contribution in [1.29, 1.82) is 0 Å². The molecule has 4 nitrogen and oxygen atoms in total. The average Bonchev–Trinajstić information content (AvgIpc) is 2.45. The summed E-state index contributed by atoms with van der Waals surface area (Å²) in [7, 11) is 1.58. The van der Waals surface area contributed by atoms with Crippen LogP contribution in [-0.4, -0.2) is 13.0 Å². The molecule has 0 aliphatic carbocycles. The summed E-state index contributed by atoms with van der Waals surface area (Å²) in [5.74, 6) is 0.218. The van der Waals surface area contributed by atoms with E-state index in [1.54, 1.807) is 13.2 Å². The molecule has 1 atom stereocenters. The third-order valence-electron chi connectivity index (χ3n) is 3.13. The summed E-state index contributed by atoms with van der Waals surface area (Å²) in [5.41, 5.74) is 8.24. The molecule has 5 heteroatoms. The molecule has 0 saturated carbocycles. The lowest BCUT2D eigenvalue weighted by molar-refractivity contribution is -0.118. The molecular weight excluding hydrogens is 332 g/mol. The van der Waals surface area contributed by atoms with Crippen LogP contribution < -0.4 is 15.8 Å². The summed E-state index contributed by atoms with van der Waals surface area (Å²) >= 11 is 3.45. The number of nitrogens with one attached hydrogen (secondary N) is 1. The van der Waals surface area contributed by atoms with Gasteiger partial charge in [-0.15, -0.1) is 0 Å². The van der Waals surface area contributed by atoms with E-state index in [1.165, 1.54) is 0 Å². The second kappa shape index (κ2) is 6.63. The monoisotopic (exact) mass is 348 g/mol. The van der Waals surface area contributed by atoms with Gasteiger partial charge in [0.25, 0.3) is 0 Å². The number of primary amides is 1. The third-order valence-corrected chi connectivity index (χ3v) is 3.85. The first-order valence-corrected chi connectivity index (χ1v) is 7.26. The number of methoxy groups -OCH3 is 1. The van der Waals surface area contributed by atoms with Gasteiger partial charge in [0.1, 0.15) is 11.8 Å². The second-order valence-corrected chi connectivity index (χ2v) is 5.59. The predicted molar refractivity (Wildman–Crippen MR) is 87.4 cm³/mol. The van der Waals surface area contributed by atoms with Crippen molar-refractivity contribution in [3.63, 3.8) is 0 Å². The summed E-state index contributed by atoms with van der Waals surface area (Å²) < 4.78 is 6.01. The Labute approximate surface area is 132 Å². The standard InChI is InChI=1S/C16H17BrN2O2/c1-10-4-3-5-11(8-10)19-15(16(18)20)13-9-12(21-2)6-7-14(13)17/h3-9,15,19H,1-2H3,(H2,18,20). The number of anilines is 1. The third kappa shape index (κ3) is 3.76. The van der Waals surface area contributed by atoms with Crippen molar-refractivity contribution in [2.24, 2.45) is 5.73 Å². The summed E-state index contributed by atoms with van der Waals surface area (Å²) in [5, 5.41) is 3.17. The van der Waals surface area contributed by atoms with Crippen molar-refractivity contribution in [1.82, 2.24) is 0 Å². The normalized spacial score (nSPS) is 11.8. The number of halogens is 1. The number of ether oxygens (including phenoxy) is 1. The molecule has 0 aliphatic rings. The first-order chi connectivity index (χ1) is 10.0. The van der Waals surface area contributed by atoms with E-state index in [0.717, 1.165) is 21.3 Å². The molecule has 110 valence electrons. The maximum Gasteiger partial charge on any atom is 0.244 e. The zero-order chi connectivity index (χ0) is 15.4. The molecule has 0 radical (unpaired) electrons. The van der Waals surface area contributed by atoms with Crippen LogP contribution >= 0.6 is 15.9 Å². The lowest BCUT2D eigenvalue weighted by atomic mass is 10.1. The fourth-order valence-corrected chi connectivity index (χ4v) is 2.55. The molecule has 1 amide bonds. The van der Waals surface area contributed by atoms with Crippen molar-refractivity contribution in [2.45, 2.75) is 13.0 Å². The average molecular weight is 349 g/mol. The number of benzene rings is 2. The second-order valence-electron chi connectivity index (χ2n) is 4.74. The molecule has 2 aromatic rings. The van der Waals surface area contributed by atoms with E-state index >= 15 is 0 Å². The van der Waals surface area contributed by atoms with Crippen LogP contribution in [0.1, 0.15) is 17.2 Å². The number of carbonyl (C=O) groups is 1. The molecule has 3 N–H and O–H groups in total. The maximum atomic E-state index is 11.8. The molecule has 2 aromatic carbocycles. The van der Waals surface area contributed by atoms with Gasteiger partial charge in [-0.05, 0) is 42.8 Å². The number of aryl methyl sites for hydroxylation is 1. The van der Waals surface area contributed by atoms with Gasteiger partial charge in [0.15, 0.2) is 0 Å². The molecule has 0 saturated heterocycles. The zero-order valence-electron chi connectivity index (χ0n) is 11.9. The molecule has 2 rings (SSSR count). The molecule has 0 spiro atoms. The molecule has 0 fully saturated rings. The Kier molecular flexibility index (Phi) is 4.85. The van der Waals surface area contributed by atoms with Gasteiger partial charge in [0.2, 0.25) is 5.91 Å².